The fourth-order valence-corrected chi connectivity index (χ4v) is 3.56. The van der Waals surface area contributed by atoms with Gasteiger partial charge in [-0.15, -0.1) is 0 Å². The predicted molar refractivity (Wildman–Crippen MR) is 88.4 cm³/mol. The maximum atomic E-state index is 13.0. The first-order valence-corrected chi connectivity index (χ1v) is 8.34. The summed E-state index contributed by atoms with van der Waals surface area (Å²) >= 11 is 0. The number of hydrogen-bond acceptors (Lipinski definition) is 4. The number of hydrogen-bond donors (Lipinski definition) is 0. The van der Waals surface area contributed by atoms with Crippen molar-refractivity contribution in [3.63, 3.8) is 0 Å². The van der Waals surface area contributed by atoms with Crippen LogP contribution in [0.2, 0.25) is 0 Å². The van der Waals surface area contributed by atoms with E-state index in [2.05, 4.69) is 4.98 Å². The highest BCUT2D eigenvalue weighted by molar-refractivity contribution is 5.95. The standard InChI is InChI=1S/C18H21N3O3/c1-12-11-20(2)17(19-12)14-4-3-7-21(14)18(22)13-5-6-15-16(10-13)24-9-8-23-15/h5-6,10-11,14H,3-4,7-9H2,1-2H3/t14-/m0/s1. The molecule has 6 heteroatoms. The molecule has 126 valence electrons. The molecule has 2 aliphatic rings. The fraction of sp³-hybridized carbons (Fsp3) is 0.444. The third-order valence-electron chi connectivity index (χ3n) is 4.63. The number of carbonyl (C=O) groups is 1. The molecule has 6 nitrogen and oxygen atoms in total. The van der Waals surface area contributed by atoms with Gasteiger partial charge >= 0.3 is 0 Å². The first-order chi connectivity index (χ1) is 11.6. The van der Waals surface area contributed by atoms with Crippen molar-refractivity contribution >= 4 is 5.91 Å². The van der Waals surface area contributed by atoms with E-state index in [1.807, 2.05) is 41.8 Å². The lowest BCUT2D eigenvalue weighted by Gasteiger charge is -2.25. The van der Waals surface area contributed by atoms with E-state index in [0.717, 1.165) is 30.9 Å². The van der Waals surface area contributed by atoms with Crippen LogP contribution >= 0.6 is 0 Å². The van der Waals surface area contributed by atoms with Crippen LogP contribution in [0, 0.1) is 6.92 Å². The zero-order chi connectivity index (χ0) is 16.7. The minimum absolute atomic E-state index is 0.0233. The van der Waals surface area contributed by atoms with Gasteiger partial charge < -0.3 is 18.9 Å². The monoisotopic (exact) mass is 327 g/mol. The van der Waals surface area contributed by atoms with Crippen molar-refractivity contribution in [2.24, 2.45) is 7.05 Å². The lowest BCUT2D eigenvalue weighted by molar-refractivity contribution is 0.0727. The van der Waals surface area contributed by atoms with Gasteiger partial charge in [-0.1, -0.05) is 0 Å². The number of amides is 1. The van der Waals surface area contributed by atoms with Gasteiger partial charge in [0.1, 0.15) is 19.0 Å². The number of carbonyl (C=O) groups excluding carboxylic acids is 1. The Labute approximate surface area is 141 Å². The van der Waals surface area contributed by atoms with Crippen LogP contribution in [0.1, 0.15) is 40.8 Å². The number of aromatic nitrogens is 2. The van der Waals surface area contributed by atoms with Crippen LogP contribution in [0.5, 0.6) is 11.5 Å². The molecule has 24 heavy (non-hydrogen) atoms. The Morgan fingerprint density at radius 3 is 2.79 bits per heavy atom. The summed E-state index contributed by atoms with van der Waals surface area (Å²) in [5.74, 6) is 2.33. The first kappa shape index (κ1) is 15.1. The van der Waals surface area contributed by atoms with Crippen LogP contribution in [0.3, 0.4) is 0 Å². The smallest absolute Gasteiger partial charge is 0.254 e. The van der Waals surface area contributed by atoms with E-state index in [0.29, 0.717) is 30.3 Å². The molecule has 0 spiro atoms. The van der Waals surface area contributed by atoms with Crippen LogP contribution < -0.4 is 9.47 Å². The molecule has 1 fully saturated rings. The number of likely N-dealkylation sites (tertiary alicyclic amines) is 1. The summed E-state index contributed by atoms with van der Waals surface area (Å²) in [6.45, 7) is 3.80. The summed E-state index contributed by atoms with van der Waals surface area (Å²) in [4.78, 5) is 19.6. The van der Waals surface area contributed by atoms with E-state index in [1.54, 1.807) is 6.07 Å². The van der Waals surface area contributed by atoms with Crippen molar-refractivity contribution in [3.8, 4) is 11.5 Å². The van der Waals surface area contributed by atoms with E-state index in [1.165, 1.54) is 0 Å². The highest BCUT2D eigenvalue weighted by Crippen LogP contribution is 2.35. The predicted octanol–water partition coefficient (Wildman–Crippen LogP) is 2.48. The number of ether oxygens (including phenoxy) is 2. The van der Waals surface area contributed by atoms with Crippen molar-refractivity contribution in [2.45, 2.75) is 25.8 Å². The molecule has 4 rings (SSSR count). The summed E-state index contributed by atoms with van der Waals surface area (Å²) < 4.78 is 13.2. The molecule has 0 bridgehead atoms. The number of benzene rings is 1. The largest absolute Gasteiger partial charge is 0.486 e. The second kappa shape index (κ2) is 5.85. The molecule has 0 unspecified atom stereocenters. The lowest BCUT2D eigenvalue weighted by atomic mass is 10.1. The van der Waals surface area contributed by atoms with Gasteiger partial charge in [-0.3, -0.25) is 4.79 Å². The van der Waals surface area contributed by atoms with Crippen LogP contribution in [-0.2, 0) is 7.05 Å². The van der Waals surface area contributed by atoms with Gasteiger partial charge in [0.25, 0.3) is 5.91 Å². The zero-order valence-electron chi connectivity index (χ0n) is 14.0. The lowest BCUT2D eigenvalue weighted by Crippen LogP contribution is -2.32. The Balaban J connectivity index is 1.62. The van der Waals surface area contributed by atoms with Gasteiger partial charge in [-0.25, -0.2) is 4.98 Å². The van der Waals surface area contributed by atoms with Gasteiger partial charge in [-0.05, 0) is 38.0 Å². The quantitative estimate of drug-likeness (QED) is 0.850. The minimum Gasteiger partial charge on any atom is -0.486 e. The van der Waals surface area contributed by atoms with E-state index in [-0.39, 0.29) is 11.9 Å². The maximum Gasteiger partial charge on any atom is 0.254 e. The Bertz CT molecular complexity index is 784. The van der Waals surface area contributed by atoms with Crippen LogP contribution in [-0.4, -0.2) is 40.1 Å². The molecule has 0 N–H and O–H groups in total. The molecule has 1 atom stereocenters. The third kappa shape index (κ3) is 2.52. The van der Waals surface area contributed by atoms with Crippen LogP contribution in [0.15, 0.2) is 24.4 Å². The molecule has 1 amide bonds. The molecule has 1 saturated heterocycles. The zero-order valence-corrected chi connectivity index (χ0v) is 14.0. The van der Waals surface area contributed by atoms with Gasteiger partial charge in [-0.2, -0.15) is 0 Å². The molecule has 2 aromatic rings. The highest BCUT2D eigenvalue weighted by Gasteiger charge is 2.33. The molecular formula is C18H21N3O3. The van der Waals surface area contributed by atoms with Crippen LogP contribution in [0.25, 0.3) is 0 Å². The Morgan fingerprint density at radius 1 is 1.25 bits per heavy atom. The Hall–Kier alpha value is -2.50. The Morgan fingerprint density at radius 2 is 2.04 bits per heavy atom. The van der Waals surface area contributed by atoms with Crippen molar-refractivity contribution in [2.75, 3.05) is 19.8 Å². The molecular weight excluding hydrogens is 306 g/mol. The van der Waals surface area contributed by atoms with E-state index >= 15 is 0 Å². The number of nitrogens with zero attached hydrogens (tertiary/aromatic N) is 3. The van der Waals surface area contributed by atoms with Crippen molar-refractivity contribution in [3.05, 3.63) is 41.5 Å². The number of fused-ring (bicyclic) bond motifs is 1. The third-order valence-corrected chi connectivity index (χ3v) is 4.63. The second-order valence-corrected chi connectivity index (χ2v) is 6.37. The van der Waals surface area contributed by atoms with E-state index < -0.39 is 0 Å². The topological polar surface area (TPSA) is 56.6 Å². The van der Waals surface area contributed by atoms with Crippen LogP contribution in [0.4, 0.5) is 0 Å². The number of aryl methyl sites for hydroxylation is 2. The first-order valence-electron chi connectivity index (χ1n) is 8.34. The number of imidazole rings is 1. The highest BCUT2D eigenvalue weighted by atomic mass is 16.6. The fourth-order valence-electron chi connectivity index (χ4n) is 3.56. The minimum atomic E-state index is 0.0233. The summed E-state index contributed by atoms with van der Waals surface area (Å²) in [5.41, 5.74) is 1.61. The average Bonchev–Trinajstić information content (AvgIpc) is 3.19. The molecule has 1 aromatic heterocycles. The Kier molecular flexibility index (Phi) is 3.67. The van der Waals surface area contributed by atoms with Gasteiger partial charge in [0.2, 0.25) is 0 Å². The van der Waals surface area contributed by atoms with Gasteiger partial charge in [0.05, 0.1) is 11.7 Å². The van der Waals surface area contributed by atoms with Gasteiger partial charge in [0.15, 0.2) is 11.5 Å². The summed E-state index contributed by atoms with van der Waals surface area (Å²) in [5, 5.41) is 0. The number of rotatable bonds is 2. The summed E-state index contributed by atoms with van der Waals surface area (Å²) in [6.07, 6.45) is 3.94. The normalized spacial score (nSPS) is 19.6. The molecule has 0 saturated carbocycles. The molecule has 0 aliphatic carbocycles. The molecule has 3 heterocycles. The SMILES string of the molecule is Cc1cn(C)c([C@@H]2CCCN2C(=O)c2ccc3c(c2)OCCO3)n1. The summed E-state index contributed by atoms with van der Waals surface area (Å²) in [6, 6.07) is 5.45. The van der Waals surface area contributed by atoms with Gasteiger partial charge in [0, 0.05) is 25.4 Å². The van der Waals surface area contributed by atoms with Crippen molar-refractivity contribution < 1.29 is 14.3 Å². The second-order valence-electron chi connectivity index (χ2n) is 6.37. The van der Waals surface area contributed by atoms with E-state index in [9.17, 15) is 4.79 Å². The molecule has 0 radical (unpaired) electrons. The van der Waals surface area contributed by atoms with E-state index in [4.69, 9.17) is 9.47 Å². The molecule has 1 aromatic carbocycles. The summed E-state index contributed by atoms with van der Waals surface area (Å²) in [7, 11) is 1.99. The molecule has 2 aliphatic heterocycles. The average molecular weight is 327 g/mol. The maximum absolute atomic E-state index is 13.0. The van der Waals surface area contributed by atoms with Crippen molar-refractivity contribution in [1.82, 2.24) is 14.5 Å². The van der Waals surface area contributed by atoms with Crippen molar-refractivity contribution in [1.29, 1.82) is 0 Å².